The number of Topliss-reactive ketones (excluding diaryl/α,β-unsaturated/α-hetero) is 4. The van der Waals surface area contributed by atoms with Crippen LogP contribution in [0.2, 0.25) is 0 Å². The number of morpholine rings is 4. The Morgan fingerprint density at radius 1 is 0.292 bits per heavy atom. The number of aromatic nitrogens is 24. The number of ether oxygens (including phenoxy) is 4. The maximum atomic E-state index is 12.7. The molecular weight excluding hydrogens is 1820 g/mol. The van der Waals surface area contributed by atoms with Crippen LogP contribution in [0.15, 0.2) is 269 Å². The Kier molecular flexibility index (Phi) is 28.3. The quantitative estimate of drug-likeness (QED) is 0.0226. The lowest BCUT2D eigenvalue weighted by atomic mass is 10.0. The summed E-state index contributed by atoms with van der Waals surface area (Å²) in [5.41, 5.74) is 25.0. The average Bonchev–Trinajstić information content (AvgIpc) is 1.65. The molecule has 0 atom stereocenters. The van der Waals surface area contributed by atoms with Gasteiger partial charge in [0.05, 0.1) is 92.1 Å². The maximum Gasteiger partial charge on any atom is 0.183 e. The summed E-state index contributed by atoms with van der Waals surface area (Å²) in [6, 6.07) is 63.1. The van der Waals surface area contributed by atoms with Gasteiger partial charge in [0.25, 0.3) is 0 Å². The normalized spacial score (nSPS) is 13.8. The van der Waals surface area contributed by atoms with Gasteiger partial charge < -0.3 is 58.5 Å². The number of carbonyl (C=O) groups excluding carboxylic acids is 4. The Morgan fingerprint density at radius 3 is 1.05 bits per heavy atom. The zero-order valence-corrected chi connectivity index (χ0v) is 78.6. The summed E-state index contributed by atoms with van der Waals surface area (Å²) < 4.78 is 21.9. The van der Waals surface area contributed by atoms with Crippen LogP contribution in [0.4, 0.5) is 23.3 Å². The highest BCUT2D eigenvalue weighted by Gasteiger charge is 2.26. The van der Waals surface area contributed by atoms with E-state index < -0.39 is 0 Å². The van der Waals surface area contributed by atoms with Crippen molar-refractivity contribution in [2.75, 3.05) is 125 Å². The third-order valence-corrected chi connectivity index (χ3v) is 25.3. The first-order chi connectivity index (χ1) is 70.9. The zero-order chi connectivity index (χ0) is 97.3. The van der Waals surface area contributed by atoms with Crippen molar-refractivity contribution in [3.05, 3.63) is 314 Å². The number of carbonyl (C=O) groups is 4. The Bertz CT molecular complexity index is 6860. The van der Waals surface area contributed by atoms with Crippen LogP contribution in [-0.2, 0) is 89.5 Å². The lowest BCUT2D eigenvalue weighted by Crippen LogP contribution is -2.36. The molecule has 20 heterocycles. The molecule has 8 N–H and O–H groups in total. The van der Waals surface area contributed by atoms with Crippen LogP contribution in [0, 0.1) is 0 Å². The molecule has 0 aliphatic carbocycles. The molecule has 0 unspecified atom stereocenters. The molecule has 0 amide bonds. The van der Waals surface area contributed by atoms with Crippen molar-refractivity contribution < 1.29 is 38.1 Å². The number of imidazole rings is 2. The molecule has 4 aromatic carbocycles. The van der Waals surface area contributed by atoms with Gasteiger partial charge in [-0.3, -0.25) is 59.5 Å². The van der Waals surface area contributed by atoms with Crippen molar-refractivity contribution in [1.29, 1.82) is 0 Å². The monoisotopic (exact) mass is 1920 g/mol. The number of H-pyrrole nitrogens is 8. The van der Waals surface area contributed by atoms with Gasteiger partial charge >= 0.3 is 0 Å². The second-order valence-corrected chi connectivity index (χ2v) is 35.4. The van der Waals surface area contributed by atoms with Crippen molar-refractivity contribution >= 4 is 90.5 Å². The first kappa shape index (κ1) is 92.9. The minimum atomic E-state index is 0.110. The molecule has 36 nitrogen and oxygen atoms in total. The van der Waals surface area contributed by atoms with Gasteiger partial charge in [-0.25, -0.2) is 39.9 Å². The van der Waals surface area contributed by atoms with Crippen LogP contribution in [0.1, 0.15) is 45.0 Å². The number of rotatable bonds is 28. The van der Waals surface area contributed by atoms with E-state index in [1.165, 1.54) is 0 Å². The molecule has 4 fully saturated rings. The number of pyridine rings is 6. The number of benzene rings is 4. The molecule has 0 bridgehead atoms. The van der Waals surface area contributed by atoms with E-state index in [0.29, 0.717) is 96.7 Å². The molecule has 24 rings (SSSR count). The first-order valence-electron chi connectivity index (χ1n) is 47.8. The first-order valence-corrected chi connectivity index (χ1v) is 47.8. The number of aromatic amines is 8. The van der Waals surface area contributed by atoms with Gasteiger partial charge in [0.2, 0.25) is 0 Å². The van der Waals surface area contributed by atoms with Gasteiger partial charge in [0, 0.05) is 239 Å². The van der Waals surface area contributed by atoms with Crippen molar-refractivity contribution in [3.63, 3.8) is 0 Å². The molecule has 144 heavy (non-hydrogen) atoms. The predicted octanol–water partition coefficient (Wildman–Crippen LogP) is 14.4. The van der Waals surface area contributed by atoms with Gasteiger partial charge in [-0.05, 0) is 130 Å². The van der Waals surface area contributed by atoms with Crippen molar-refractivity contribution in [1.82, 2.24) is 121 Å². The Labute approximate surface area is 824 Å². The number of nitrogens with one attached hydrogen (secondary N) is 8. The van der Waals surface area contributed by atoms with Gasteiger partial charge in [-0.15, -0.1) is 0 Å². The van der Waals surface area contributed by atoms with Crippen LogP contribution in [0.25, 0.3) is 134 Å². The second-order valence-electron chi connectivity index (χ2n) is 35.4. The Hall–Kier alpha value is -17.5. The smallest absolute Gasteiger partial charge is 0.183 e. The van der Waals surface area contributed by atoms with Crippen molar-refractivity contribution in [2.24, 2.45) is 0 Å². The Balaban J connectivity index is 0.000000113. The molecule has 0 radical (unpaired) electrons. The molecule has 720 valence electrons. The standard InChI is InChI=1S/C28H26N6O2.2C27H25N7O2.C26H24N8O2/c35-23(15-22-16-27(33-32-22)21-2-1-8-29-18-21)14-19-3-5-20(6-4-19)26-17-24-25(31-26)7-9-30-28(24)34-10-12-36-13-11-34;35-22(15-21-16-24(33-32-21)20-2-1-8-28-17-20)14-18-3-5-19(6-4-18)26-30-23-7-9-29-27(25(23)31-26)34-10-12-36-13-11-34;35-22(13-21-14-25(33-32-21)20-2-1-7-28-16-20)12-18-3-5-19(6-4-18)24-15-23-26(31-24)29-17-30-27(23)34-8-10-36-11-9-34;35-21(13-20-14-22(33-32-20)19-2-1-7-27-15-19)12-17-3-5-18(6-4-17)24-30-23-25(31-24)28-16-29-26(23)34-8-10-36-11-9-34/h1-9,16-18,31H,10-15H2,(H,32,33);1-9,16-17H,10-15H2,(H,30,31)(H,32,33);1-7,14-17H,8-13H2,(H,32,33)(H,29,30,31);1-7,14-16H,8-13H2,(H,32,33)(H,28,29,30,31). The maximum absolute atomic E-state index is 12.7. The topological polar surface area (TPSA) is 451 Å². The number of hydrogen-bond donors (Lipinski definition) is 8. The van der Waals surface area contributed by atoms with E-state index in [4.69, 9.17) is 23.9 Å². The molecule has 4 saturated heterocycles. The summed E-state index contributed by atoms with van der Waals surface area (Å²) in [6.45, 7) is 12.1. The van der Waals surface area contributed by atoms with Gasteiger partial charge in [0.1, 0.15) is 75.8 Å². The number of fused-ring (bicyclic) bond motifs is 4. The average molecular weight is 1920 g/mol. The number of ketones is 4. The lowest BCUT2D eigenvalue weighted by Gasteiger charge is -2.28. The third kappa shape index (κ3) is 22.5. The summed E-state index contributed by atoms with van der Waals surface area (Å²) >= 11 is 0. The summed E-state index contributed by atoms with van der Waals surface area (Å²) in [7, 11) is 0. The molecule has 0 saturated carbocycles. The van der Waals surface area contributed by atoms with Crippen LogP contribution in [-0.4, -0.2) is 249 Å². The molecule has 20 aromatic rings. The fraction of sp³-hybridized carbons (Fsp3) is 0.222. The summed E-state index contributed by atoms with van der Waals surface area (Å²) in [5, 5.41) is 31.2. The molecule has 0 spiro atoms. The molecule has 36 heteroatoms. The summed E-state index contributed by atoms with van der Waals surface area (Å²) in [6.07, 6.45) is 23.4. The fourth-order valence-corrected chi connectivity index (χ4v) is 18.0. The van der Waals surface area contributed by atoms with Gasteiger partial charge in [-0.2, -0.15) is 20.4 Å². The van der Waals surface area contributed by atoms with E-state index in [1.54, 1.807) is 62.2 Å². The van der Waals surface area contributed by atoms with E-state index in [-0.39, 0.29) is 23.1 Å². The summed E-state index contributed by atoms with van der Waals surface area (Å²) in [5.74, 6) is 5.64. The van der Waals surface area contributed by atoms with Crippen LogP contribution in [0.3, 0.4) is 0 Å². The van der Waals surface area contributed by atoms with Crippen LogP contribution < -0.4 is 19.6 Å². The van der Waals surface area contributed by atoms with Crippen LogP contribution in [0.5, 0.6) is 0 Å². The van der Waals surface area contributed by atoms with Crippen LogP contribution >= 0.6 is 0 Å². The number of nitrogens with zero attached hydrogens (tertiary/aromatic N) is 20. The van der Waals surface area contributed by atoms with E-state index in [1.807, 2.05) is 182 Å². The molecule has 4 aliphatic heterocycles. The second kappa shape index (κ2) is 43.9. The van der Waals surface area contributed by atoms with Gasteiger partial charge in [0.15, 0.2) is 17.3 Å². The molecule has 16 aromatic heterocycles. The van der Waals surface area contributed by atoms with E-state index >= 15 is 0 Å². The molecular formula is C108H100N28O8. The zero-order valence-electron chi connectivity index (χ0n) is 78.6. The highest BCUT2D eigenvalue weighted by molar-refractivity contribution is 5.96. The minimum Gasteiger partial charge on any atom is -0.378 e. The molecule has 4 aliphatic rings. The van der Waals surface area contributed by atoms with Gasteiger partial charge in [-0.1, -0.05) is 97.1 Å². The van der Waals surface area contributed by atoms with Crippen molar-refractivity contribution in [3.8, 4) is 90.3 Å². The fourth-order valence-electron chi connectivity index (χ4n) is 18.0. The Morgan fingerprint density at radius 2 is 0.639 bits per heavy atom. The summed E-state index contributed by atoms with van der Waals surface area (Å²) in [4.78, 5) is 126. The lowest BCUT2D eigenvalue weighted by molar-refractivity contribution is -0.118. The highest BCUT2D eigenvalue weighted by atomic mass is 16.5. The van der Waals surface area contributed by atoms with E-state index in [0.717, 1.165) is 263 Å². The third-order valence-electron chi connectivity index (χ3n) is 25.3. The van der Waals surface area contributed by atoms with E-state index in [2.05, 4.69) is 159 Å². The highest BCUT2D eigenvalue weighted by Crippen LogP contribution is 2.36. The number of anilines is 4. The van der Waals surface area contributed by atoms with E-state index in [9.17, 15) is 19.2 Å². The van der Waals surface area contributed by atoms with Crippen molar-refractivity contribution in [2.45, 2.75) is 51.4 Å². The SMILES string of the molecule is O=C(Cc1ccc(-c2cc3c(N4CCOCC4)nccc3[nH]2)cc1)Cc1cc(-c2cccnc2)n[nH]1.O=C(Cc1ccc(-c2cc3c(N4CCOCC4)ncnc3[nH]2)cc1)Cc1cc(-c2cccnc2)n[nH]1.O=C(Cc1ccc(-c2nc3c(N4CCOCC4)nccc3[nH]2)cc1)Cc1cc(-c2cccnc2)n[nH]1.O=C(Cc1ccc(-c2nc3ncnc(N4CCOCC4)c3[nH]2)cc1)Cc1cc(-c2cccnc2)n[nH]1. The minimum absolute atomic E-state index is 0.110. The predicted molar refractivity (Wildman–Crippen MR) is 546 cm³/mol. The largest absolute Gasteiger partial charge is 0.378 e. The number of hydrogen-bond acceptors (Lipinski definition) is 28.